The number of hydrogen-bond donors (Lipinski definition) is 1. The summed E-state index contributed by atoms with van der Waals surface area (Å²) >= 11 is 0. The van der Waals surface area contributed by atoms with Gasteiger partial charge in [-0.1, -0.05) is 12.1 Å². The molecule has 7 heteroatoms. The quantitative estimate of drug-likeness (QED) is 0.812. The topological polar surface area (TPSA) is 67.9 Å². The lowest BCUT2D eigenvalue weighted by molar-refractivity contribution is 0.353. The summed E-state index contributed by atoms with van der Waals surface area (Å²) in [6.45, 7) is 3.62. The Labute approximate surface area is 161 Å². The normalized spacial score (nSPS) is 14.7. The van der Waals surface area contributed by atoms with Crippen LogP contribution in [0.5, 0.6) is 11.5 Å². The van der Waals surface area contributed by atoms with Crippen molar-refractivity contribution < 1.29 is 17.9 Å². The first-order valence-electron chi connectivity index (χ1n) is 9.05. The molecule has 0 aliphatic carbocycles. The van der Waals surface area contributed by atoms with Crippen LogP contribution < -0.4 is 19.1 Å². The minimum Gasteiger partial charge on any atom is -0.493 e. The van der Waals surface area contributed by atoms with Crippen LogP contribution in [0.2, 0.25) is 0 Å². The van der Waals surface area contributed by atoms with Crippen LogP contribution in [0.3, 0.4) is 0 Å². The lowest BCUT2D eigenvalue weighted by Crippen LogP contribution is -2.30. The molecule has 0 saturated carbocycles. The molecule has 0 aromatic heterocycles. The van der Waals surface area contributed by atoms with Gasteiger partial charge in [-0.3, -0.25) is 4.72 Å². The average molecular weight is 391 g/mol. The first kappa shape index (κ1) is 19.4. The van der Waals surface area contributed by atoms with Crippen LogP contribution in [0.1, 0.15) is 24.8 Å². The van der Waals surface area contributed by atoms with E-state index >= 15 is 0 Å². The number of benzene rings is 2. The molecule has 0 radical (unpaired) electrons. The number of piperidine rings is 1. The van der Waals surface area contributed by atoms with Gasteiger partial charge in [-0.05, 0) is 49.9 Å². The molecule has 0 spiro atoms. The SMILES string of the molecule is COc1cc(C)c(S(=O)(=O)Nc2ccccc2N2CCCCC2)cc1OC. The lowest BCUT2D eigenvalue weighted by Gasteiger charge is -2.30. The summed E-state index contributed by atoms with van der Waals surface area (Å²) in [5.74, 6) is 0.885. The number of rotatable bonds is 6. The minimum atomic E-state index is -3.77. The van der Waals surface area contributed by atoms with E-state index in [4.69, 9.17) is 9.47 Å². The number of anilines is 2. The summed E-state index contributed by atoms with van der Waals surface area (Å²) in [7, 11) is -0.760. The standard InChI is InChI=1S/C20H26N2O4S/c1-15-13-18(25-2)19(26-3)14-20(15)27(23,24)21-16-9-5-6-10-17(16)22-11-7-4-8-12-22/h5-6,9-10,13-14,21H,4,7-8,11-12H2,1-3H3. The van der Waals surface area contributed by atoms with Crippen LogP contribution in [-0.4, -0.2) is 35.7 Å². The van der Waals surface area contributed by atoms with Gasteiger partial charge in [0.05, 0.1) is 30.5 Å². The molecule has 1 aliphatic heterocycles. The third kappa shape index (κ3) is 4.13. The predicted molar refractivity (Wildman–Crippen MR) is 108 cm³/mol. The van der Waals surface area contributed by atoms with Crippen molar-refractivity contribution in [3.63, 3.8) is 0 Å². The maximum Gasteiger partial charge on any atom is 0.262 e. The molecular weight excluding hydrogens is 364 g/mol. The smallest absolute Gasteiger partial charge is 0.262 e. The van der Waals surface area contributed by atoms with Crippen molar-refractivity contribution in [3.8, 4) is 11.5 Å². The van der Waals surface area contributed by atoms with Crippen LogP contribution in [0.15, 0.2) is 41.3 Å². The summed E-state index contributed by atoms with van der Waals surface area (Å²) < 4.78 is 39.5. The number of nitrogens with zero attached hydrogens (tertiary/aromatic N) is 1. The second kappa shape index (κ2) is 8.08. The lowest BCUT2D eigenvalue weighted by atomic mass is 10.1. The zero-order valence-corrected chi connectivity index (χ0v) is 16.8. The Bertz CT molecular complexity index is 906. The number of hydrogen-bond acceptors (Lipinski definition) is 5. The third-order valence-corrected chi connectivity index (χ3v) is 6.32. The molecule has 0 amide bonds. The van der Waals surface area contributed by atoms with Gasteiger partial charge in [-0.15, -0.1) is 0 Å². The Balaban J connectivity index is 1.96. The number of nitrogens with one attached hydrogen (secondary N) is 1. The van der Waals surface area contributed by atoms with Crippen molar-refractivity contribution in [2.24, 2.45) is 0 Å². The van der Waals surface area contributed by atoms with E-state index in [1.807, 2.05) is 18.2 Å². The number of sulfonamides is 1. The summed E-state index contributed by atoms with van der Waals surface area (Å²) in [5.41, 5.74) is 2.10. The highest BCUT2D eigenvalue weighted by Gasteiger charge is 2.23. The summed E-state index contributed by atoms with van der Waals surface area (Å²) in [6, 6.07) is 10.7. The van der Waals surface area contributed by atoms with Gasteiger partial charge in [0, 0.05) is 19.2 Å². The van der Waals surface area contributed by atoms with Crippen molar-refractivity contribution >= 4 is 21.4 Å². The summed E-state index contributed by atoms with van der Waals surface area (Å²) in [4.78, 5) is 2.41. The van der Waals surface area contributed by atoms with Crippen LogP contribution >= 0.6 is 0 Å². The predicted octanol–water partition coefficient (Wildman–Crippen LogP) is 3.80. The number of para-hydroxylation sites is 2. The molecule has 2 aromatic carbocycles. The van der Waals surface area contributed by atoms with Gasteiger partial charge in [0.25, 0.3) is 10.0 Å². The highest BCUT2D eigenvalue weighted by molar-refractivity contribution is 7.92. The van der Waals surface area contributed by atoms with E-state index in [0.717, 1.165) is 31.6 Å². The van der Waals surface area contributed by atoms with Crippen LogP contribution in [0, 0.1) is 6.92 Å². The van der Waals surface area contributed by atoms with Gasteiger partial charge >= 0.3 is 0 Å². The molecule has 1 fully saturated rings. The molecule has 1 heterocycles. The Hall–Kier alpha value is -2.41. The number of aryl methyl sites for hydroxylation is 1. The summed E-state index contributed by atoms with van der Waals surface area (Å²) in [5, 5.41) is 0. The van der Waals surface area contributed by atoms with Crippen LogP contribution in [0.25, 0.3) is 0 Å². The largest absolute Gasteiger partial charge is 0.493 e. The Kier molecular flexibility index (Phi) is 5.79. The van der Waals surface area contributed by atoms with Gasteiger partial charge in [0.15, 0.2) is 11.5 Å². The first-order chi connectivity index (χ1) is 13.0. The third-order valence-electron chi connectivity index (χ3n) is 4.82. The molecule has 1 saturated heterocycles. The molecule has 146 valence electrons. The number of ether oxygens (including phenoxy) is 2. The van der Waals surface area contributed by atoms with Gasteiger partial charge in [0.1, 0.15) is 0 Å². The second-order valence-electron chi connectivity index (χ2n) is 6.64. The molecule has 27 heavy (non-hydrogen) atoms. The van der Waals surface area contributed by atoms with E-state index in [-0.39, 0.29) is 4.90 Å². The molecule has 0 unspecified atom stereocenters. The molecule has 3 rings (SSSR count). The molecule has 6 nitrogen and oxygen atoms in total. The zero-order chi connectivity index (χ0) is 19.4. The van der Waals surface area contributed by atoms with E-state index in [0.29, 0.717) is 22.7 Å². The minimum absolute atomic E-state index is 0.175. The molecular formula is C20H26N2O4S. The Morgan fingerprint density at radius 2 is 1.59 bits per heavy atom. The summed E-state index contributed by atoms with van der Waals surface area (Å²) in [6.07, 6.45) is 3.46. The monoisotopic (exact) mass is 390 g/mol. The molecule has 2 aromatic rings. The maximum absolute atomic E-state index is 13.1. The van der Waals surface area contributed by atoms with Crippen molar-refractivity contribution in [2.75, 3.05) is 36.9 Å². The van der Waals surface area contributed by atoms with Gasteiger partial charge in [-0.25, -0.2) is 8.42 Å². The van der Waals surface area contributed by atoms with Gasteiger partial charge < -0.3 is 14.4 Å². The molecule has 1 N–H and O–H groups in total. The van der Waals surface area contributed by atoms with Crippen molar-refractivity contribution in [2.45, 2.75) is 31.1 Å². The van der Waals surface area contributed by atoms with Gasteiger partial charge in [-0.2, -0.15) is 0 Å². The Morgan fingerprint density at radius 3 is 2.26 bits per heavy atom. The molecule has 0 bridgehead atoms. The van der Waals surface area contributed by atoms with E-state index in [2.05, 4.69) is 9.62 Å². The average Bonchev–Trinajstić information content (AvgIpc) is 2.68. The highest BCUT2D eigenvalue weighted by atomic mass is 32.2. The van der Waals surface area contributed by atoms with E-state index in [1.165, 1.54) is 26.7 Å². The van der Waals surface area contributed by atoms with Gasteiger partial charge in [0.2, 0.25) is 0 Å². The van der Waals surface area contributed by atoms with Crippen molar-refractivity contribution in [1.82, 2.24) is 0 Å². The second-order valence-corrected chi connectivity index (χ2v) is 8.29. The zero-order valence-electron chi connectivity index (χ0n) is 16.0. The number of methoxy groups -OCH3 is 2. The fraction of sp³-hybridized carbons (Fsp3) is 0.400. The van der Waals surface area contributed by atoms with Crippen molar-refractivity contribution in [3.05, 3.63) is 42.0 Å². The first-order valence-corrected chi connectivity index (χ1v) is 10.5. The molecule has 1 aliphatic rings. The maximum atomic E-state index is 13.1. The van der Waals surface area contributed by atoms with Crippen LogP contribution in [-0.2, 0) is 10.0 Å². The fourth-order valence-corrected chi connectivity index (χ4v) is 4.74. The highest BCUT2D eigenvalue weighted by Crippen LogP contribution is 2.35. The van der Waals surface area contributed by atoms with E-state index in [1.54, 1.807) is 19.1 Å². The van der Waals surface area contributed by atoms with E-state index in [9.17, 15) is 8.42 Å². The van der Waals surface area contributed by atoms with Crippen molar-refractivity contribution in [1.29, 1.82) is 0 Å². The Morgan fingerprint density at radius 1 is 0.963 bits per heavy atom. The fourth-order valence-electron chi connectivity index (χ4n) is 3.42. The van der Waals surface area contributed by atoms with E-state index < -0.39 is 10.0 Å². The van der Waals surface area contributed by atoms with Crippen LogP contribution in [0.4, 0.5) is 11.4 Å². The molecule has 0 atom stereocenters.